The van der Waals surface area contributed by atoms with Crippen LogP contribution in [0.4, 0.5) is 5.82 Å². The van der Waals surface area contributed by atoms with Crippen LogP contribution in [0.3, 0.4) is 0 Å². The second-order valence-electron chi connectivity index (χ2n) is 8.06. The van der Waals surface area contributed by atoms with Gasteiger partial charge in [0.2, 0.25) is 0 Å². The summed E-state index contributed by atoms with van der Waals surface area (Å²) < 4.78 is 10.7. The second-order valence-corrected chi connectivity index (χ2v) is 8.06. The number of fused-ring (bicyclic) bond motifs is 1. The summed E-state index contributed by atoms with van der Waals surface area (Å²) in [6.45, 7) is 4.72. The monoisotopic (exact) mass is 429 g/mol. The van der Waals surface area contributed by atoms with E-state index in [1.807, 2.05) is 37.3 Å². The smallest absolute Gasteiger partial charge is 0.276 e. The zero-order valence-electron chi connectivity index (χ0n) is 17.8. The zero-order chi connectivity index (χ0) is 22.1. The molecule has 0 bridgehead atoms. The van der Waals surface area contributed by atoms with E-state index < -0.39 is 0 Å². The van der Waals surface area contributed by atoms with E-state index in [1.165, 1.54) is 12.7 Å². The van der Waals surface area contributed by atoms with Gasteiger partial charge in [-0.05, 0) is 18.9 Å². The van der Waals surface area contributed by atoms with Gasteiger partial charge in [0.25, 0.3) is 5.91 Å². The van der Waals surface area contributed by atoms with Gasteiger partial charge in [-0.3, -0.25) is 4.79 Å². The topological polar surface area (TPSA) is 95.5 Å². The highest BCUT2D eigenvalue weighted by Crippen LogP contribution is 2.35. The number of amides is 1. The normalized spacial score (nSPS) is 18.2. The lowest BCUT2D eigenvalue weighted by Gasteiger charge is -2.41. The summed E-state index contributed by atoms with van der Waals surface area (Å²) in [5, 5.41) is 10.1. The number of rotatable bonds is 3. The van der Waals surface area contributed by atoms with Crippen molar-refractivity contribution in [3.8, 4) is 17.3 Å². The molecular formula is C24H23N5O3. The van der Waals surface area contributed by atoms with Crippen LogP contribution in [0.15, 0.2) is 47.4 Å². The van der Waals surface area contributed by atoms with Gasteiger partial charge in [-0.15, -0.1) is 0 Å². The SMILES string of the molecule is CC1CN(c2nc(-c3ccccc3)c3c(c2C#N)CCOC3)CCN1C(=O)c1cocn1. The Labute approximate surface area is 186 Å². The van der Waals surface area contributed by atoms with Crippen LogP contribution < -0.4 is 4.90 Å². The van der Waals surface area contributed by atoms with E-state index in [1.54, 1.807) is 4.90 Å². The van der Waals surface area contributed by atoms with E-state index >= 15 is 0 Å². The number of hydrogen-bond acceptors (Lipinski definition) is 7. The van der Waals surface area contributed by atoms with Gasteiger partial charge in [0, 0.05) is 36.8 Å². The van der Waals surface area contributed by atoms with Gasteiger partial charge in [-0.25, -0.2) is 9.97 Å². The molecule has 0 radical (unpaired) electrons. The van der Waals surface area contributed by atoms with Crippen molar-refractivity contribution < 1.29 is 13.9 Å². The average Bonchev–Trinajstić information content (AvgIpc) is 3.38. The molecule has 0 N–H and O–H groups in total. The van der Waals surface area contributed by atoms with E-state index in [9.17, 15) is 10.1 Å². The van der Waals surface area contributed by atoms with Crippen molar-refractivity contribution in [1.29, 1.82) is 5.26 Å². The number of pyridine rings is 1. The molecule has 0 spiro atoms. The molecule has 0 aliphatic carbocycles. The summed E-state index contributed by atoms with van der Waals surface area (Å²) in [6.07, 6.45) is 3.32. The van der Waals surface area contributed by atoms with Gasteiger partial charge in [0.15, 0.2) is 12.1 Å². The Morgan fingerprint density at radius 3 is 2.78 bits per heavy atom. The summed E-state index contributed by atoms with van der Waals surface area (Å²) in [7, 11) is 0. The first-order chi connectivity index (χ1) is 15.7. The molecule has 1 atom stereocenters. The number of oxazole rings is 1. The van der Waals surface area contributed by atoms with Crippen LogP contribution in [0.25, 0.3) is 11.3 Å². The molecule has 162 valence electrons. The highest BCUT2D eigenvalue weighted by atomic mass is 16.5. The van der Waals surface area contributed by atoms with Crippen LogP contribution in [0.1, 0.15) is 34.1 Å². The zero-order valence-corrected chi connectivity index (χ0v) is 17.8. The number of carbonyl (C=O) groups is 1. The fourth-order valence-corrected chi connectivity index (χ4v) is 4.54. The van der Waals surface area contributed by atoms with Crippen molar-refractivity contribution in [3.63, 3.8) is 0 Å². The number of nitriles is 1. The molecule has 4 heterocycles. The Morgan fingerprint density at radius 2 is 2.06 bits per heavy atom. The first-order valence-corrected chi connectivity index (χ1v) is 10.7. The van der Waals surface area contributed by atoms with Crippen LogP contribution in [0.5, 0.6) is 0 Å². The maximum atomic E-state index is 12.8. The average molecular weight is 429 g/mol. The van der Waals surface area contributed by atoms with Gasteiger partial charge in [-0.2, -0.15) is 5.26 Å². The number of benzene rings is 1. The molecule has 8 nitrogen and oxygen atoms in total. The lowest BCUT2D eigenvalue weighted by molar-refractivity contribution is 0.0667. The molecule has 2 aromatic heterocycles. The maximum Gasteiger partial charge on any atom is 0.276 e. The molecule has 1 fully saturated rings. The first kappa shape index (κ1) is 20.2. The van der Waals surface area contributed by atoms with E-state index in [0.29, 0.717) is 56.3 Å². The summed E-state index contributed by atoms with van der Waals surface area (Å²) in [5.74, 6) is 0.541. The van der Waals surface area contributed by atoms with Crippen molar-refractivity contribution in [2.24, 2.45) is 0 Å². The Hall–Kier alpha value is -3.70. The molecule has 8 heteroatoms. The number of ether oxygens (including phenoxy) is 1. The maximum absolute atomic E-state index is 12.8. The minimum absolute atomic E-state index is 0.0687. The predicted octanol–water partition coefficient (Wildman–Crippen LogP) is 3.03. The number of aromatic nitrogens is 2. The van der Waals surface area contributed by atoms with Gasteiger partial charge in [0.05, 0.1) is 24.5 Å². The van der Waals surface area contributed by atoms with E-state index in [2.05, 4.69) is 16.0 Å². The molecule has 2 aliphatic rings. The summed E-state index contributed by atoms with van der Waals surface area (Å²) in [5.41, 5.74) is 4.82. The number of carbonyl (C=O) groups excluding carboxylic acids is 1. The third kappa shape index (κ3) is 3.51. The molecular weight excluding hydrogens is 406 g/mol. The van der Waals surface area contributed by atoms with E-state index in [4.69, 9.17) is 14.1 Å². The summed E-state index contributed by atoms with van der Waals surface area (Å²) in [6, 6.07) is 12.4. The Kier molecular flexibility index (Phi) is 5.33. The number of piperazine rings is 1. The molecule has 1 unspecified atom stereocenters. The van der Waals surface area contributed by atoms with Crippen molar-refractivity contribution in [2.45, 2.75) is 26.0 Å². The number of hydrogen-bond donors (Lipinski definition) is 0. The van der Waals surface area contributed by atoms with Crippen LogP contribution in [0.2, 0.25) is 0 Å². The van der Waals surface area contributed by atoms with Gasteiger partial charge >= 0.3 is 0 Å². The van der Waals surface area contributed by atoms with Crippen LogP contribution in [-0.2, 0) is 17.8 Å². The van der Waals surface area contributed by atoms with Gasteiger partial charge in [-0.1, -0.05) is 30.3 Å². The fourth-order valence-electron chi connectivity index (χ4n) is 4.54. The van der Waals surface area contributed by atoms with E-state index in [-0.39, 0.29) is 11.9 Å². The van der Waals surface area contributed by atoms with Crippen molar-refractivity contribution >= 4 is 11.7 Å². The molecule has 1 aromatic carbocycles. The molecule has 5 rings (SSSR count). The standard InChI is InChI=1S/C24H23N5O3/c1-16-12-28(8-9-29(16)24(30)21-14-32-15-26-21)23-19(11-25)18-7-10-31-13-20(18)22(27-23)17-5-3-2-4-6-17/h2-6,14-16H,7-10,12-13H2,1H3. The third-order valence-corrected chi connectivity index (χ3v) is 6.13. The Morgan fingerprint density at radius 1 is 1.22 bits per heavy atom. The molecule has 3 aromatic rings. The minimum atomic E-state index is -0.146. The third-order valence-electron chi connectivity index (χ3n) is 6.13. The van der Waals surface area contributed by atoms with Gasteiger partial charge in [0.1, 0.15) is 18.2 Å². The minimum Gasteiger partial charge on any atom is -0.451 e. The Bertz CT molecular complexity index is 1170. The van der Waals surface area contributed by atoms with Crippen molar-refractivity contribution in [2.75, 3.05) is 31.1 Å². The van der Waals surface area contributed by atoms with Crippen LogP contribution in [0, 0.1) is 11.3 Å². The summed E-state index contributed by atoms with van der Waals surface area (Å²) in [4.78, 5) is 25.7. The molecule has 0 saturated carbocycles. The first-order valence-electron chi connectivity index (χ1n) is 10.7. The number of anilines is 1. The highest BCUT2D eigenvalue weighted by Gasteiger charge is 2.32. The highest BCUT2D eigenvalue weighted by molar-refractivity contribution is 5.92. The lowest BCUT2D eigenvalue weighted by atomic mass is 9.93. The van der Waals surface area contributed by atoms with E-state index in [0.717, 1.165) is 22.4 Å². The van der Waals surface area contributed by atoms with Gasteiger partial charge < -0.3 is 19.0 Å². The quantitative estimate of drug-likeness (QED) is 0.631. The van der Waals surface area contributed by atoms with Crippen LogP contribution >= 0.6 is 0 Å². The predicted molar refractivity (Wildman–Crippen MR) is 117 cm³/mol. The van der Waals surface area contributed by atoms with Crippen molar-refractivity contribution in [3.05, 3.63) is 65.4 Å². The molecule has 2 aliphatic heterocycles. The number of nitrogens with zero attached hydrogens (tertiary/aromatic N) is 5. The molecule has 32 heavy (non-hydrogen) atoms. The fraction of sp³-hybridized carbons (Fsp3) is 0.333. The second kappa shape index (κ2) is 8.44. The summed E-state index contributed by atoms with van der Waals surface area (Å²) >= 11 is 0. The molecule has 1 amide bonds. The lowest BCUT2D eigenvalue weighted by Crippen LogP contribution is -2.54. The van der Waals surface area contributed by atoms with Crippen molar-refractivity contribution in [1.82, 2.24) is 14.9 Å². The molecule has 1 saturated heterocycles. The van der Waals surface area contributed by atoms with Crippen LogP contribution in [-0.4, -0.2) is 53.1 Å². The Balaban J connectivity index is 1.51. The largest absolute Gasteiger partial charge is 0.451 e.